The van der Waals surface area contributed by atoms with Gasteiger partial charge in [0.1, 0.15) is 6.10 Å². The Morgan fingerprint density at radius 2 is 2.16 bits per heavy atom. The third kappa shape index (κ3) is 2.83. The standard InChI is InChI=1S/C14H16N2O3/c17-11(10-5-2-1-3-6-10)9-13-15-14(16-19-13)12-7-4-8-18-12/h1-3,5-6,11-12,17H,4,7-9H2. The molecule has 5 nitrogen and oxygen atoms in total. The Morgan fingerprint density at radius 1 is 1.32 bits per heavy atom. The van der Waals surface area contributed by atoms with Gasteiger partial charge in [-0.3, -0.25) is 0 Å². The summed E-state index contributed by atoms with van der Waals surface area (Å²) in [7, 11) is 0. The molecule has 0 radical (unpaired) electrons. The second-order valence-electron chi connectivity index (χ2n) is 4.68. The lowest BCUT2D eigenvalue weighted by molar-refractivity contribution is 0.103. The third-order valence-electron chi connectivity index (χ3n) is 3.25. The Kier molecular flexibility index (Phi) is 3.57. The number of hydrogen-bond acceptors (Lipinski definition) is 5. The summed E-state index contributed by atoms with van der Waals surface area (Å²) in [5.41, 5.74) is 0.847. The summed E-state index contributed by atoms with van der Waals surface area (Å²) in [4.78, 5) is 4.29. The van der Waals surface area contributed by atoms with Crippen LogP contribution in [0, 0.1) is 0 Å². The number of nitrogens with zero attached hydrogens (tertiary/aromatic N) is 2. The van der Waals surface area contributed by atoms with Gasteiger partial charge < -0.3 is 14.4 Å². The van der Waals surface area contributed by atoms with Crippen molar-refractivity contribution in [2.75, 3.05) is 6.61 Å². The van der Waals surface area contributed by atoms with Gasteiger partial charge in [0.25, 0.3) is 0 Å². The number of rotatable bonds is 4. The van der Waals surface area contributed by atoms with Crippen LogP contribution in [0.4, 0.5) is 0 Å². The molecule has 19 heavy (non-hydrogen) atoms. The molecule has 5 heteroatoms. The van der Waals surface area contributed by atoms with Crippen molar-refractivity contribution in [3.63, 3.8) is 0 Å². The Labute approximate surface area is 111 Å². The van der Waals surface area contributed by atoms with E-state index < -0.39 is 6.10 Å². The van der Waals surface area contributed by atoms with Gasteiger partial charge in [0.2, 0.25) is 11.7 Å². The zero-order valence-electron chi connectivity index (χ0n) is 10.5. The van der Waals surface area contributed by atoms with E-state index in [4.69, 9.17) is 9.26 Å². The van der Waals surface area contributed by atoms with E-state index in [2.05, 4.69) is 10.1 Å². The van der Waals surface area contributed by atoms with Gasteiger partial charge >= 0.3 is 0 Å². The quantitative estimate of drug-likeness (QED) is 0.912. The zero-order chi connectivity index (χ0) is 13.1. The van der Waals surface area contributed by atoms with Crippen LogP contribution in [0.15, 0.2) is 34.9 Å². The van der Waals surface area contributed by atoms with Crippen LogP contribution in [0.1, 0.15) is 42.3 Å². The van der Waals surface area contributed by atoms with Crippen LogP contribution in [0.3, 0.4) is 0 Å². The molecule has 100 valence electrons. The van der Waals surface area contributed by atoms with Gasteiger partial charge in [-0.15, -0.1) is 0 Å². The molecule has 0 bridgehead atoms. The molecular weight excluding hydrogens is 244 g/mol. The average Bonchev–Trinajstić information content (AvgIpc) is 3.10. The summed E-state index contributed by atoms with van der Waals surface area (Å²) >= 11 is 0. The summed E-state index contributed by atoms with van der Waals surface area (Å²) in [6.07, 6.45) is 1.61. The number of benzene rings is 1. The highest BCUT2D eigenvalue weighted by Crippen LogP contribution is 2.26. The van der Waals surface area contributed by atoms with Gasteiger partial charge in [-0.05, 0) is 18.4 Å². The normalized spacial score (nSPS) is 20.6. The Hall–Kier alpha value is -1.72. The minimum absolute atomic E-state index is 0.0497. The molecule has 1 fully saturated rings. The third-order valence-corrected chi connectivity index (χ3v) is 3.25. The van der Waals surface area contributed by atoms with Crippen LogP contribution >= 0.6 is 0 Å². The van der Waals surface area contributed by atoms with Crippen LogP contribution in [0.25, 0.3) is 0 Å². The van der Waals surface area contributed by atoms with E-state index in [9.17, 15) is 5.11 Å². The number of hydrogen-bond donors (Lipinski definition) is 1. The van der Waals surface area contributed by atoms with Crippen LogP contribution in [0.2, 0.25) is 0 Å². The lowest BCUT2D eigenvalue weighted by Crippen LogP contribution is -2.03. The SMILES string of the molecule is OC(Cc1nc(C2CCCO2)no1)c1ccccc1. The summed E-state index contributed by atoms with van der Waals surface area (Å²) in [6, 6.07) is 9.46. The molecule has 1 aromatic carbocycles. The summed E-state index contributed by atoms with van der Waals surface area (Å²) in [5.74, 6) is 1.04. The zero-order valence-corrected chi connectivity index (χ0v) is 10.5. The van der Waals surface area contributed by atoms with Gasteiger partial charge in [0.05, 0.1) is 12.5 Å². The highest BCUT2D eigenvalue weighted by Gasteiger charge is 2.23. The molecule has 0 saturated carbocycles. The van der Waals surface area contributed by atoms with Crippen molar-refractivity contribution in [3.05, 3.63) is 47.6 Å². The van der Waals surface area contributed by atoms with Crippen molar-refractivity contribution in [1.29, 1.82) is 0 Å². The molecular formula is C14H16N2O3. The van der Waals surface area contributed by atoms with E-state index in [1.165, 1.54) is 0 Å². The maximum absolute atomic E-state index is 10.1. The van der Waals surface area contributed by atoms with Gasteiger partial charge in [0, 0.05) is 6.61 Å². The topological polar surface area (TPSA) is 68.4 Å². The maximum Gasteiger partial charge on any atom is 0.229 e. The van der Waals surface area contributed by atoms with E-state index in [-0.39, 0.29) is 6.10 Å². The number of aliphatic hydroxyl groups is 1. The molecule has 1 saturated heterocycles. The van der Waals surface area contributed by atoms with Gasteiger partial charge in [-0.25, -0.2) is 0 Å². The lowest BCUT2D eigenvalue weighted by atomic mass is 10.1. The molecule has 1 aliphatic heterocycles. The first-order valence-corrected chi connectivity index (χ1v) is 6.50. The molecule has 0 spiro atoms. The van der Waals surface area contributed by atoms with Crippen molar-refractivity contribution in [2.24, 2.45) is 0 Å². The summed E-state index contributed by atoms with van der Waals surface area (Å²) < 4.78 is 10.7. The first kappa shape index (κ1) is 12.3. The second kappa shape index (κ2) is 5.50. The molecule has 2 heterocycles. The molecule has 0 aliphatic carbocycles. The van der Waals surface area contributed by atoms with Crippen LogP contribution in [0.5, 0.6) is 0 Å². The molecule has 2 unspecified atom stereocenters. The molecule has 0 amide bonds. The fourth-order valence-corrected chi connectivity index (χ4v) is 2.22. The van der Waals surface area contributed by atoms with Crippen LogP contribution in [-0.2, 0) is 11.2 Å². The van der Waals surface area contributed by atoms with Crippen molar-refractivity contribution < 1.29 is 14.4 Å². The second-order valence-corrected chi connectivity index (χ2v) is 4.68. The molecule has 1 aliphatic rings. The first-order chi connectivity index (χ1) is 9.33. The van der Waals surface area contributed by atoms with Gasteiger partial charge in [-0.2, -0.15) is 4.98 Å². The van der Waals surface area contributed by atoms with Crippen molar-refractivity contribution >= 4 is 0 Å². The number of ether oxygens (including phenoxy) is 1. The van der Waals surface area contributed by atoms with Crippen molar-refractivity contribution in [3.8, 4) is 0 Å². The molecule has 2 aromatic rings. The fourth-order valence-electron chi connectivity index (χ4n) is 2.22. The van der Waals surface area contributed by atoms with E-state index in [1.54, 1.807) is 0 Å². The predicted octanol–water partition coefficient (Wildman–Crippen LogP) is 2.20. The Balaban J connectivity index is 1.66. The predicted molar refractivity (Wildman–Crippen MR) is 67.3 cm³/mol. The average molecular weight is 260 g/mol. The highest BCUT2D eigenvalue weighted by atomic mass is 16.5. The smallest absolute Gasteiger partial charge is 0.229 e. The monoisotopic (exact) mass is 260 g/mol. The molecule has 1 N–H and O–H groups in total. The van der Waals surface area contributed by atoms with Crippen molar-refractivity contribution in [1.82, 2.24) is 10.1 Å². The van der Waals surface area contributed by atoms with Gasteiger partial charge in [0.15, 0.2) is 0 Å². The van der Waals surface area contributed by atoms with Crippen molar-refractivity contribution in [2.45, 2.75) is 31.5 Å². The number of aromatic nitrogens is 2. The molecule has 3 rings (SSSR count). The summed E-state index contributed by atoms with van der Waals surface area (Å²) in [6.45, 7) is 0.751. The molecule has 1 aromatic heterocycles. The van der Waals surface area contributed by atoms with E-state index in [0.717, 1.165) is 25.0 Å². The summed E-state index contributed by atoms with van der Waals surface area (Å²) in [5, 5.41) is 14.0. The largest absolute Gasteiger partial charge is 0.388 e. The molecule has 2 atom stereocenters. The highest BCUT2D eigenvalue weighted by molar-refractivity contribution is 5.18. The van der Waals surface area contributed by atoms with E-state index in [0.29, 0.717) is 18.1 Å². The van der Waals surface area contributed by atoms with Gasteiger partial charge in [-0.1, -0.05) is 35.5 Å². The lowest BCUT2D eigenvalue weighted by Gasteiger charge is -2.07. The maximum atomic E-state index is 10.1. The van der Waals surface area contributed by atoms with Crippen LogP contribution < -0.4 is 0 Å². The Morgan fingerprint density at radius 3 is 2.89 bits per heavy atom. The first-order valence-electron chi connectivity index (χ1n) is 6.50. The Bertz CT molecular complexity index is 520. The number of aliphatic hydroxyl groups excluding tert-OH is 1. The van der Waals surface area contributed by atoms with Crippen LogP contribution in [-0.4, -0.2) is 21.9 Å². The minimum atomic E-state index is -0.626. The van der Waals surface area contributed by atoms with E-state index in [1.807, 2.05) is 30.3 Å². The minimum Gasteiger partial charge on any atom is -0.388 e. The van der Waals surface area contributed by atoms with E-state index >= 15 is 0 Å². The fraction of sp³-hybridized carbons (Fsp3) is 0.429.